The van der Waals surface area contributed by atoms with Crippen LogP contribution in [0.1, 0.15) is 22.5 Å². The number of aryl methyl sites for hydroxylation is 1. The summed E-state index contributed by atoms with van der Waals surface area (Å²) in [4.78, 5) is 20.7. The van der Waals surface area contributed by atoms with Gasteiger partial charge in [0.2, 0.25) is 5.96 Å². The molecular formula is C16H20N6O2. The maximum absolute atomic E-state index is 12.3. The first-order valence-corrected chi connectivity index (χ1v) is 7.71. The van der Waals surface area contributed by atoms with Crippen LogP contribution in [-0.2, 0) is 0 Å². The van der Waals surface area contributed by atoms with Gasteiger partial charge >= 0.3 is 0 Å². The van der Waals surface area contributed by atoms with Crippen LogP contribution in [0.15, 0.2) is 35.7 Å². The van der Waals surface area contributed by atoms with Crippen LogP contribution in [0.5, 0.6) is 5.75 Å². The maximum Gasteiger partial charge on any atom is 0.269 e. The molecule has 8 heteroatoms. The van der Waals surface area contributed by atoms with Gasteiger partial charge in [0.25, 0.3) is 5.91 Å². The van der Waals surface area contributed by atoms with Gasteiger partial charge in [0.15, 0.2) is 0 Å². The first-order chi connectivity index (χ1) is 11.7. The number of aliphatic imine (C=N–C) groups is 1. The van der Waals surface area contributed by atoms with Gasteiger partial charge in [-0.25, -0.2) is 4.98 Å². The molecule has 1 aliphatic heterocycles. The van der Waals surface area contributed by atoms with Crippen molar-refractivity contribution in [2.75, 3.05) is 20.2 Å². The van der Waals surface area contributed by atoms with E-state index in [1.54, 1.807) is 25.6 Å². The van der Waals surface area contributed by atoms with Crippen molar-refractivity contribution in [2.45, 2.75) is 13.3 Å². The third-order valence-electron chi connectivity index (χ3n) is 3.62. The molecule has 0 unspecified atom stereocenters. The summed E-state index contributed by atoms with van der Waals surface area (Å²) in [5, 5.41) is 3.07. The summed E-state index contributed by atoms with van der Waals surface area (Å²) in [6, 6.07) is 5.25. The van der Waals surface area contributed by atoms with Crippen molar-refractivity contribution < 1.29 is 9.53 Å². The largest absolute Gasteiger partial charge is 0.495 e. The molecule has 0 radical (unpaired) electrons. The van der Waals surface area contributed by atoms with Crippen molar-refractivity contribution in [3.05, 3.63) is 42.0 Å². The minimum absolute atomic E-state index is 0.267. The van der Waals surface area contributed by atoms with E-state index in [1.807, 2.05) is 23.8 Å². The SMILES string of the molecule is COc1cc(C(=O)NNC2=NCCCN2)ccc1-n1cnc(C)c1. The van der Waals surface area contributed by atoms with Gasteiger partial charge in [-0.2, -0.15) is 0 Å². The molecule has 0 spiro atoms. The Labute approximate surface area is 139 Å². The molecule has 0 saturated heterocycles. The number of nitrogens with one attached hydrogen (secondary N) is 3. The summed E-state index contributed by atoms with van der Waals surface area (Å²) in [7, 11) is 1.57. The van der Waals surface area contributed by atoms with E-state index in [0.29, 0.717) is 17.3 Å². The smallest absolute Gasteiger partial charge is 0.269 e. The molecule has 3 rings (SSSR count). The zero-order chi connectivity index (χ0) is 16.9. The van der Waals surface area contributed by atoms with E-state index in [-0.39, 0.29) is 5.91 Å². The number of carbonyl (C=O) groups excluding carboxylic acids is 1. The topological polar surface area (TPSA) is 92.6 Å². The molecule has 126 valence electrons. The van der Waals surface area contributed by atoms with Crippen molar-refractivity contribution in [2.24, 2.45) is 4.99 Å². The molecular weight excluding hydrogens is 308 g/mol. The third-order valence-corrected chi connectivity index (χ3v) is 3.62. The Morgan fingerprint density at radius 1 is 1.42 bits per heavy atom. The summed E-state index contributed by atoms with van der Waals surface area (Å²) in [5.74, 6) is 0.900. The van der Waals surface area contributed by atoms with E-state index < -0.39 is 0 Å². The van der Waals surface area contributed by atoms with Crippen molar-refractivity contribution in [1.29, 1.82) is 0 Å². The first-order valence-electron chi connectivity index (χ1n) is 7.71. The van der Waals surface area contributed by atoms with Crippen molar-refractivity contribution in [3.63, 3.8) is 0 Å². The molecule has 3 N–H and O–H groups in total. The van der Waals surface area contributed by atoms with Gasteiger partial charge in [-0.05, 0) is 31.5 Å². The molecule has 0 atom stereocenters. The number of imidazole rings is 1. The zero-order valence-electron chi connectivity index (χ0n) is 13.7. The van der Waals surface area contributed by atoms with E-state index in [0.717, 1.165) is 30.9 Å². The van der Waals surface area contributed by atoms with Crippen LogP contribution in [0.25, 0.3) is 5.69 Å². The lowest BCUT2D eigenvalue weighted by Crippen LogP contribution is -2.49. The second-order valence-corrected chi connectivity index (χ2v) is 5.40. The van der Waals surface area contributed by atoms with Crippen LogP contribution in [0.3, 0.4) is 0 Å². The molecule has 1 aromatic heterocycles. The summed E-state index contributed by atoms with van der Waals surface area (Å²) < 4.78 is 7.27. The average molecular weight is 328 g/mol. The van der Waals surface area contributed by atoms with Crippen LogP contribution in [0, 0.1) is 6.92 Å². The fourth-order valence-corrected chi connectivity index (χ4v) is 2.39. The van der Waals surface area contributed by atoms with Crippen LogP contribution >= 0.6 is 0 Å². The Hall–Kier alpha value is -3.03. The third kappa shape index (κ3) is 3.48. The Morgan fingerprint density at radius 3 is 2.96 bits per heavy atom. The number of nitrogens with zero attached hydrogens (tertiary/aromatic N) is 3. The van der Waals surface area contributed by atoms with Gasteiger partial charge in [0, 0.05) is 24.8 Å². The summed E-state index contributed by atoms with van der Waals surface area (Å²) in [6.45, 7) is 3.51. The second kappa shape index (κ2) is 7.03. The number of hydrogen-bond acceptors (Lipinski definition) is 6. The molecule has 0 saturated carbocycles. The molecule has 0 bridgehead atoms. The van der Waals surface area contributed by atoms with Crippen LogP contribution in [0.2, 0.25) is 0 Å². The molecule has 2 aromatic rings. The summed E-state index contributed by atoms with van der Waals surface area (Å²) >= 11 is 0. The normalized spacial score (nSPS) is 13.7. The number of hydrogen-bond donors (Lipinski definition) is 3. The summed E-state index contributed by atoms with van der Waals surface area (Å²) in [5.41, 5.74) is 7.63. The number of methoxy groups -OCH3 is 1. The highest BCUT2D eigenvalue weighted by Crippen LogP contribution is 2.24. The van der Waals surface area contributed by atoms with E-state index in [1.165, 1.54) is 0 Å². The quantitative estimate of drug-likeness (QED) is 0.724. The van der Waals surface area contributed by atoms with Gasteiger partial charge < -0.3 is 14.6 Å². The van der Waals surface area contributed by atoms with Crippen molar-refractivity contribution in [3.8, 4) is 11.4 Å². The second-order valence-electron chi connectivity index (χ2n) is 5.40. The Bertz CT molecular complexity index is 768. The van der Waals surface area contributed by atoms with E-state index in [2.05, 4.69) is 26.1 Å². The Balaban J connectivity index is 1.74. The minimum Gasteiger partial charge on any atom is -0.495 e. The number of rotatable bonds is 3. The van der Waals surface area contributed by atoms with Crippen molar-refractivity contribution in [1.82, 2.24) is 25.7 Å². The number of ether oxygens (including phenoxy) is 1. The number of benzene rings is 1. The Morgan fingerprint density at radius 2 is 2.29 bits per heavy atom. The van der Waals surface area contributed by atoms with Crippen LogP contribution < -0.4 is 20.9 Å². The monoisotopic (exact) mass is 328 g/mol. The van der Waals surface area contributed by atoms with Crippen molar-refractivity contribution >= 4 is 11.9 Å². The van der Waals surface area contributed by atoms with E-state index >= 15 is 0 Å². The maximum atomic E-state index is 12.3. The average Bonchev–Trinajstić information content (AvgIpc) is 3.06. The minimum atomic E-state index is -0.267. The molecule has 0 aliphatic carbocycles. The van der Waals surface area contributed by atoms with E-state index in [9.17, 15) is 4.79 Å². The molecule has 24 heavy (non-hydrogen) atoms. The lowest BCUT2D eigenvalue weighted by Gasteiger charge is -2.17. The number of carbonyl (C=O) groups is 1. The molecule has 1 amide bonds. The van der Waals surface area contributed by atoms with Gasteiger partial charge in [0.1, 0.15) is 5.75 Å². The fraction of sp³-hybridized carbons (Fsp3) is 0.312. The highest BCUT2D eigenvalue weighted by Gasteiger charge is 2.12. The standard InChI is InChI=1S/C16H20N6O2/c1-11-9-22(10-19-11)13-5-4-12(8-14(13)24-2)15(23)20-21-16-17-6-3-7-18-16/h4-5,8-10H,3,6-7H2,1-2H3,(H,20,23)(H2,17,18,21). The number of guanidine groups is 1. The summed E-state index contributed by atoms with van der Waals surface area (Å²) in [6.07, 6.45) is 4.60. The van der Waals surface area contributed by atoms with Gasteiger partial charge in [-0.15, -0.1) is 0 Å². The molecule has 1 aliphatic rings. The lowest BCUT2D eigenvalue weighted by molar-refractivity contribution is 0.0942. The lowest BCUT2D eigenvalue weighted by atomic mass is 10.1. The van der Waals surface area contributed by atoms with Gasteiger partial charge in [0.05, 0.1) is 24.8 Å². The highest BCUT2D eigenvalue weighted by molar-refractivity contribution is 5.96. The number of hydrazine groups is 1. The van der Waals surface area contributed by atoms with Gasteiger partial charge in [-0.1, -0.05) is 0 Å². The first kappa shape index (κ1) is 15.9. The molecule has 1 aromatic carbocycles. The fourth-order valence-electron chi connectivity index (χ4n) is 2.39. The van der Waals surface area contributed by atoms with Gasteiger partial charge in [-0.3, -0.25) is 20.6 Å². The van der Waals surface area contributed by atoms with Crippen LogP contribution in [0.4, 0.5) is 0 Å². The van der Waals surface area contributed by atoms with E-state index in [4.69, 9.17) is 4.74 Å². The predicted octanol–water partition coefficient (Wildman–Crippen LogP) is 0.773. The Kier molecular flexibility index (Phi) is 4.64. The molecule has 2 heterocycles. The molecule has 8 nitrogen and oxygen atoms in total. The zero-order valence-corrected chi connectivity index (χ0v) is 13.7. The number of aromatic nitrogens is 2. The number of amides is 1. The molecule has 0 fully saturated rings. The van der Waals surface area contributed by atoms with Crippen LogP contribution in [-0.4, -0.2) is 41.6 Å². The highest BCUT2D eigenvalue weighted by atomic mass is 16.5. The predicted molar refractivity (Wildman–Crippen MR) is 90.4 cm³/mol.